The normalized spacial score (nSPS) is 32.3. The summed E-state index contributed by atoms with van der Waals surface area (Å²) in [5.74, 6) is 0.0130. The smallest absolute Gasteiger partial charge is 0.161 e. The van der Waals surface area contributed by atoms with Crippen LogP contribution in [0.4, 0.5) is 0 Å². The van der Waals surface area contributed by atoms with E-state index in [-0.39, 0.29) is 19.1 Å². The van der Waals surface area contributed by atoms with Crippen molar-refractivity contribution in [3.63, 3.8) is 0 Å². The van der Waals surface area contributed by atoms with Crippen LogP contribution < -0.4 is 0 Å². The Bertz CT molecular complexity index is 157. The van der Waals surface area contributed by atoms with Crippen molar-refractivity contribution in [3.05, 3.63) is 0 Å². The van der Waals surface area contributed by atoms with Gasteiger partial charge in [-0.25, -0.2) is 0 Å². The molecule has 1 saturated heterocycles. The zero-order valence-corrected chi connectivity index (χ0v) is 7.64. The molecule has 1 heterocycles. The molecular formula is C8H16O5. The van der Waals surface area contributed by atoms with Crippen molar-refractivity contribution in [1.29, 1.82) is 0 Å². The minimum atomic E-state index is -0.917. The lowest BCUT2D eigenvalue weighted by atomic mass is 9.90. The van der Waals surface area contributed by atoms with Crippen molar-refractivity contribution in [2.24, 2.45) is 5.92 Å². The number of hydrogen-bond donors (Lipinski definition) is 3. The first kappa shape index (κ1) is 10.9. The average molecular weight is 192 g/mol. The summed E-state index contributed by atoms with van der Waals surface area (Å²) in [6, 6.07) is 0. The van der Waals surface area contributed by atoms with E-state index in [1.807, 2.05) is 6.92 Å². The van der Waals surface area contributed by atoms with Crippen LogP contribution in [0.15, 0.2) is 0 Å². The molecule has 1 fully saturated rings. The van der Waals surface area contributed by atoms with Gasteiger partial charge in [-0.05, 0) is 5.92 Å². The summed E-state index contributed by atoms with van der Waals surface area (Å²) in [7, 11) is 0. The van der Waals surface area contributed by atoms with Crippen molar-refractivity contribution >= 4 is 0 Å². The molecule has 2 atom stereocenters. The maximum atomic E-state index is 9.07. The fourth-order valence-electron chi connectivity index (χ4n) is 1.55. The summed E-state index contributed by atoms with van der Waals surface area (Å²) in [5, 5.41) is 26.6. The van der Waals surface area contributed by atoms with Gasteiger partial charge in [0, 0.05) is 6.42 Å². The third-order valence-corrected chi connectivity index (χ3v) is 2.61. The molecule has 1 rings (SSSR count). The van der Waals surface area contributed by atoms with Gasteiger partial charge < -0.3 is 24.8 Å². The predicted octanol–water partition coefficient (Wildman–Crippen LogP) is -0.941. The first-order chi connectivity index (χ1) is 6.18. The van der Waals surface area contributed by atoms with Gasteiger partial charge in [0.2, 0.25) is 0 Å². The minimum absolute atomic E-state index is 0.0130. The van der Waals surface area contributed by atoms with E-state index < -0.39 is 18.7 Å². The van der Waals surface area contributed by atoms with Crippen LogP contribution in [-0.4, -0.2) is 47.2 Å². The molecule has 5 nitrogen and oxygen atoms in total. The van der Waals surface area contributed by atoms with Crippen LogP contribution >= 0.6 is 0 Å². The molecule has 0 aromatic rings. The lowest BCUT2D eigenvalue weighted by Crippen LogP contribution is -2.42. The Morgan fingerprint density at radius 2 is 2.00 bits per heavy atom. The van der Waals surface area contributed by atoms with Crippen molar-refractivity contribution < 1.29 is 24.8 Å². The number of hydrogen-bond acceptors (Lipinski definition) is 5. The predicted molar refractivity (Wildman–Crippen MR) is 43.7 cm³/mol. The number of aliphatic hydroxyl groups is 3. The number of aliphatic hydroxyl groups excluding tert-OH is 3. The first-order valence-corrected chi connectivity index (χ1v) is 4.30. The van der Waals surface area contributed by atoms with Gasteiger partial charge >= 0.3 is 0 Å². The fraction of sp³-hybridized carbons (Fsp3) is 1.00. The molecule has 0 spiro atoms. The van der Waals surface area contributed by atoms with E-state index >= 15 is 0 Å². The zero-order chi connectivity index (χ0) is 9.90. The summed E-state index contributed by atoms with van der Waals surface area (Å²) in [6.45, 7) is 0.976. The van der Waals surface area contributed by atoms with Crippen molar-refractivity contribution in [1.82, 2.24) is 0 Å². The van der Waals surface area contributed by atoms with Gasteiger partial charge in [-0.1, -0.05) is 6.92 Å². The van der Waals surface area contributed by atoms with Crippen LogP contribution in [0.3, 0.4) is 0 Å². The van der Waals surface area contributed by atoms with E-state index in [0.29, 0.717) is 6.42 Å². The molecular weight excluding hydrogens is 176 g/mol. The SMILES string of the molecule is C[C@H]1C[C@@H](OCO)OC1(CO)CO. The van der Waals surface area contributed by atoms with Crippen LogP contribution in [0.25, 0.3) is 0 Å². The average Bonchev–Trinajstić information content (AvgIpc) is 2.44. The molecule has 13 heavy (non-hydrogen) atoms. The maximum Gasteiger partial charge on any atom is 0.161 e. The lowest BCUT2D eigenvalue weighted by Gasteiger charge is -2.28. The van der Waals surface area contributed by atoms with E-state index in [2.05, 4.69) is 0 Å². The maximum absolute atomic E-state index is 9.07. The molecule has 0 radical (unpaired) electrons. The van der Waals surface area contributed by atoms with Gasteiger partial charge in [0.05, 0.1) is 13.2 Å². The summed E-state index contributed by atoms with van der Waals surface area (Å²) >= 11 is 0. The van der Waals surface area contributed by atoms with Crippen molar-refractivity contribution in [3.8, 4) is 0 Å². The fourth-order valence-corrected chi connectivity index (χ4v) is 1.55. The van der Waals surface area contributed by atoms with Crippen LogP contribution in [0.2, 0.25) is 0 Å². The summed E-state index contributed by atoms with van der Waals surface area (Å²) in [5.41, 5.74) is -0.917. The molecule has 0 aromatic carbocycles. The van der Waals surface area contributed by atoms with E-state index in [1.54, 1.807) is 0 Å². The molecule has 0 amide bonds. The second-order valence-corrected chi connectivity index (χ2v) is 3.36. The third-order valence-electron chi connectivity index (χ3n) is 2.61. The van der Waals surface area contributed by atoms with Gasteiger partial charge in [-0.15, -0.1) is 0 Å². The molecule has 1 aliphatic heterocycles. The molecule has 78 valence electrons. The second kappa shape index (κ2) is 4.34. The Morgan fingerprint density at radius 1 is 1.38 bits per heavy atom. The Hall–Kier alpha value is -0.200. The van der Waals surface area contributed by atoms with Gasteiger partial charge in [-0.3, -0.25) is 0 Å². The van der Waals surface area contributed by atoms with E-state index in [4.69, 9.17) is 24.8 Å². The Morgan fingerprint density at radius 3 is 2.38 bits per heavy atom. The molecule has 0 bridgehead atoms. The van der Waals surface area contributed by atoms with E-state index in [1.165, 1.54) is 0 Å². The van der Waals surface area contributed by atoms with E-state index in [9.17, 15) is 0 Å². The highest BCUT2D eigenvalue weighted by Gasteiger charge is 2.46. The van der Waals surface area contributed by atoms with Crippen LogP contribution in [0.1, 0.15) is 13.3 Å². The zero-order valence-electron chi connectivity index (χ0n) is 7.64. The summed E-state index contributed by atoms with van der Waals surface area (Å²) in [6.07, 6.45) is 0.0427. The Balaban J connectivity index is 2.58. The highest BCUT2D eigenvalue weighted by molar-refractivity contribution is 4.91. The highest BCUT2D eigenvalue weighted by Crippen LogP contribution is 2.35. The van der Waals surface area contributed by atoms with Gasteiger partial charge in [0.25, 0.3) is 0 Å². The molecule has 3 N–H and O–H groups in total. The largest absolute Gasteiger partial charge is 0.393 e. The van der Waals surface area contributed by atoms with Crippen molar-refractivity contribution in [2.75, 3.05) is 20.0 Å². The number of rotatable bonds is 4. The molecule has 0 aromatic heterocycles. The molecule has 1 aliphatic rings. The molecule has 0 unspecified atom stereocenters. The minimum Gasteiger partial charge on any atom is -0.393 e. The van der Waals surface area contributed by atoms with Gasteiger partial charge in [0.15, 0.2) is 6.29 Å². The standard InChI is InChI=1S/C8H16O5/c1-6-2-7(12-5-11)13-8(6,3-9)4-10/h6-7,9-11H,2-5H2,1H3/t6-,7-/m0/s1. The summed E-state index contributed by atoms with van der Waals surface area (Å²) in [4.78, 5) is 0. The quantitative estimate of drug-likeness (QED) is 0.501. The Kier molecular flexibility index (Phi) is 3.63. The Labute approximate surface area is 76.9 Å². The van der Waals surface area contributed by atoms with Gasteiger partial charge in [-0.2, -0.15) is 0 Å². The molecule has 0 aliphatic carbocycles. The highest BCUT2D eigenvalue weighted by atomic mass is 16.7. The third kappa shape index (κ3) is 2.00. The van der Waals surface area contributed by atoms with Crippen LogP contribution in [-0.2, 0) is 9.47 Å². The van der Waals surface area contributed by atoms with Gasteiger partial charge in [0.1, 0.15) is 12.4 Å². The first-order valence-electron chi connectivity index (χ1n) is 4.30. The second-order valence-electron chi connectivity index (χ2n) is 3.36. The molecule has 5 heteroatoms. The van der Waals surface area contributed by atoms with Crippen molar-refractivity contribution in [2.45, 2.75) is 25.2 Å². The monoisotopic (exact) mass is 192 g/mol. The summed E-state index contributed by atoms with van der Waals surface area (Å²) < 4.78 is 10.2. The lowest BCUT2D eigenvalue weighted by molar-refractivity contribution is -0.216. The van der Waals surface area contributed by atoms with E-state index in [0.717, 1.165) is 0 Å². The van der Waals surface area contributed by atoms with Crippen LogP contribution in [0.5, 0.6) is 0 Å². The van der Waals surface area contributed by atoms with Crippen LogP contribution in [0, 0.1) is 5.92 Å². The number of ether oxygens (including phenoxy) is 2. The topological polar surface area (TPSA) is 79.2 Å². The molecule has 0 saturated carbocycles.